The Balaban J connectivity index is 2.69. The van der Waals surface area contributed by atoms with Gasteiger partial charge in [-0.05, 0) is 25.3 Å². The van der Waals surface area contributed by atoms with Gasteiger partial charge in [0, 0.05) is 6.20 Å². The number of hydrogen-bond acceptors (Lipinski definition) is 2. The predicted octanol–water partition coefficient (Wildman–Crippen LogP) is 3.15. The van der Waals surface area contributed by atoms with Gasteiger partial charge in [-0.25, -0.2) is 0 Å². The standard InChI is InChI=1S/C10H17IN2O/c1-8(2)9-5-12-13(6-9)7-10(3,4)14-11/h5-6,8H,7H2,1-4H3. The van der Waals surface area contributed by atoms with Crippen molar-refractivity contribution in [3.8, 4) is 0 Å². The van der Waals surface area contributed by atoms with Crippen molar-refractivity contribution in [3.63, 3.8) is 0 Å². The average Bonchev–Trinajstić information content (AvgIpc) is 2.52. The third-order valence-electron chi connectivity index (χ3n) is 2.07. The highest BCUT2D eigenvalue weighted by Crippen LogP contribution is 2.18. The zero-order valence-corrected chi connectivity index (χ0v) is 11.3. The van der Waals surface area contributed by atoms with Crippen LogP contribution in [0.1, 0.15) is 39.2 Å². The van der Waals surface area contributed by atoms with Crippen LogP contribution in [0.4, 0.5) is 0 Å². The maximum Gasteiger partial charge on any atom is 0.110 e. The van der Waals surface area contributed by atoms with Crippen molar-refractivity contribution in [2.24, 2.45) is 0 Å². The second kappa shape index (κ2) is 4.61. The maximum absolute atomic E-state index is 5.32. The van der Waals surface area contributed by atoms with E-state index in [2.05, 4.69) is 39.0 Å². The molecule has 1 aromatic heterocycles. The number of hydrogen-bond donors (Lipinski definition) is 0. The van der Waals surface area contributed by atoms with Crippen LogP contribution in [0.5, 0.6) is 0 Å². The zero-order chi connectivity index (χ0) is 10.8. The summed E-state index contributed by atoms with van der Waals surface area (Å²) in [6.45, 7) is 9.22. The van der Waals surface area contributed by atoms with E-state index in [4.69, 9.17) is 3.07 Å². The number of aromatic nitrogens is 2. The fraction of sp³-hybridized carbons (Fsp3) is 0.700. The van der Waals surface area contributed by atoms with Crippen LogP contribution in [0.3, 0.4) is 0 Å². The molecular formula is C10H17IN2O. The molecule has 0 aliphatic heterocycles. The highest BCUT2D eigenvalue weighted by molar-refractivity contribution is 14.1. The van der Waals surface area contributed by atoms with Crippen LogP contribution in [-0.2, 0) is 9.61 Å². The number of nitrogens with zero attached hydrogens (tertiary/aromatic N) is 2. The summed E-state index contributed by atoms with van der Waals surface area (Å²) in [5, 5.41) is 4.30. The van der Waals surface area contributed by atoms with Crippen LogP contribution in [0.2, 0.25) is 0 Å². The fourth-order valence-corrected chi connectivity index (χ4v) is 1.32. The second-order valence-corrected chi connectivity index (χ2v) is 4.90. The van der Waals surface area contributed by atoms with Crippen LogP contribution >= 0.6 is 23.0 Å². The van der Waals surface area contributed by atoms with Gasteiger partial charge in [-0.1, -0.05) is 13.8 Å². The number of halogens is 1. The molecule has 0 N–H and O–H groups in total. The SMILES string of the molecule is CC(C)c1cnn(CC(C)(C)OI)c1. The van der Waals surface area contributed by atoms with Crippen molar-refractivity contribution in [1.82, 2.24) is 9.78 Å². The molecule has 0 atom stereocenters. The molecule has 1 aromatic rings. The van der Waals surface area contributed by atoms with E-state index in [1.165, 1.54) is 5.56 Å². The molecule has 0 unspecified atom stereocenters. The molecule has 0 spiro atoms. The molecule has 80 valence electrons. The monoisotopic (exact) mass is 308 g/mol. The normalized spacial score (nSPS) is 12.4. The Labute approximate surface area is 99.5 Å². The summed E-state index contributed by atoms with van der Waals surface area (Å²) < 4.78 is 7.26. The summed E-state index contributed by atoms with van der Waals surface area (Å²) in [7, 11) is 0. The first kappa shape index (κ1) is 12.0. The molecule has 1 rings (SSSR count). The molecule has 0 aromatic carbocycles. The molecule has 0 aliphatic rings. The highest BCUT2D eigenvalue weighted by atomic mass is 127. The summed E-state index contributed by atoms with van der Waals surface area (Å²) in [4.78, 5) is 0. The number of rotatable bonds is 4. The summed E-state index contributed by atoms with van der Waals surface area (Å²) in [6, 6.07) is 0. The Bertz CT molecular complexity index is 294. The lowest BCUT2D eigenvalue weighted by Crippen LogP contribution is -2.27. The predicted molar refractivity (Wildman–Crippen MR) is 65.5 cm³/mol. The molecule has 1 heterocycles. The maximum atomic E-state index is 5.32. The van der Waals surface area contributed by atoms with Gasteiger partial charge in [0.05, 0.1) is 18.3 Å². The first-order valence-corrected chi connectivity index (χ1v) is 5.65. The lowest BCUT2D eigenvalue weighted by Gasteiger charge is -2.20. The molecule has 0 aliphatic carbocycles. The van der Waals surface area contributed by atoms with Crippen molar-refractivity contribution in [2.75, 3.05) is 0 Å². The largest absolute Gasteiger partial charge is 0.308 e. The van der Waals surface area contributed by atoms with Gasteiger partial charge >= 0.3 is 0 Å². The van der Waals surface area contributed by atoms with Crippen LogP contribution in [0.15, 0.2) is 12.4 Å². The van der Waals surface area contributed by atoms with Crippen molar-refractivity contribution in [2.45, 2.75) is 45.8 Å². The smallest absolute Gasteiger partial charge is 0.110 e. The van der Waals surface area contributed by atoms with E-state index in [0.29, 0.717) is 5.92 Å². The minimum Gasteiger partial charge on any atom is -0.308 e. The van der Waals surface area contributed by atoms with E-state index in [1.54, 1.807) is 0 Å². The molecular weight excluding hydrogens is 291 g/mol. The summed E-state index contributed by atoms with van der Waals surface area (Å²) in [6.07, 6.45) is 4.01. The lowest BCUT2D eigenvalue weighted by molar-refractivity contribution is 0.142. The van der Waals surface area contributed by atoms with Gasteiger partial charge in [-0.3, -0.25) is 4.68 Å². The molecule has 0 amide bonds. The zero-order valence-electron chi connectivity index (χ0n) is 9.12. The van der Waals surface area contributed by atoms with Gasteiger partial charge in [-0.2, -0.15) is 5.10 Å². The second-order valence-electron chi connectivity index (χ2n) is 4.46. The lowest BCUT2D eigenvalue weighted by atomic mass is 10.1. The third-order valence-corrected chi connectivity index (χ3v) is 3.26. The molecule has 0 saturated heterocycles. The Morgan fingerprint density at radius 2 is 2.21 bits per heavy atom. The van der Waals surface area contributed by atoms with Gasteiger partial charge < -0.3 is 3.07 Å². The van der Waals surface area contributed by atoms with E-state index >= 15 is 0 Å². The first-order valence-electron chi connectivity index (χ1n) is 4.77. The third kappa shape index (κ3) is 3.24. The van der Waals surface area contributed by atoms with E-state index in [1.807, 2.05) is 33.9 Å². The van der Waals surface area contributed by atoms with Crippen LogP contribution in [0, 0.1) is 0 Å². The Kier molecular flexibility index (Phi) is 3.94. The van der Waals surface area contributed by atoms with Crippen molar-refractivity contribution in [1.29, 1.82) is 0 Å². The van der Waals surface area contributed by atoms with Crippen LogP contribution < -0.4 is 0 Å². The fourth-order valence-electron chi connectivity index (χ4n) is 1.18. The van der Waals surface area contributed by atoms with E-state index in [9.17, 15) is 0 Å². The van der Waals surface area contributed by atoms with Gasteiger partial charge in [0.15, 0.2) is 0 Å². The molecule has 3 nitrogen and oxygen atoms in total. The topological polar surface area (TPSA) is 27.1 Å². The quantitative estimate of drug-likeness (QED) is 0.799. The Morgan fingerprint density at radius 1 is 1.57 bits per heavy atom. The van der Waals surface area contributed by atoms with Gasteiger partial charge in [0.1, 0.15) is 23.0 Å². The minimum absolute atomic E-state index is 0.166. The molecule has 0 fully saturated rings. The highest BCUT2D eigenvalue weighted by Gasteiger charge is 2.19. The van der Waals surface area contributed by atoms with Gasteiger partial charge in [0.2, 0.25) is 0 Å². The molecule has 0 saturated carbocycles. The van der Waals surface area contributed by atoms with E-state index < -0.39 is 0 Å². The van der Waals surface area contributed by atoms with Crippen molar-refractivity contribution >= 4 is 23.0 Å². The summed E-state index contributed by atoms with van der Waals surface area (Å²) >= 11 is 1.94. The van der Waals surface area contributed by atoms with Gasteiger partial charge in [-0.15, -0.1) is 0 Å². The van der Waals surface area contributed by atoms with Crippen LogP contribution in [0.25, 0.3) is 0 Å². The van der Waals surface area contributed by atoms with Crippen molar-refractivity contribution < 1.29 is 3.07 Å². The first-order chi connectivity index (χ1) is 6.44. The minimum atomic E-state index is -0.166. The average molecular weight is 308 g/mol. The summed E-state index contributed by atoms with van der Waals surface area (Å²) in [5.41, 5.74) is 1.11. The molecule has 4 heteroatoms. The van der Waals surface area contributed by atoms with E-state index in [0.717, 1.165) is 6.54 Å². The van der Waals surface area contributed by atoms with Crippen molar-refractivity contribution in [3.05, 3.63) is 18.0 Å². The molecule has 0 radical (unpaired) electrons. The van der Waals surface area contributed by atoms with Gasteiger partial charge in [0.25, 0.3) is 0 Å². The Morgan fingerprint density at radius 3 is 2.64 bits per heavy atom. The van der Waals surface area contributed by atoms with E-state index in [-0.39, 0.29) is 5.60 Å². The van der Waals surface area contributed by atoms with Crippen LogP contribution in [-0.4, -0.2) is 15.4 Å². The molecule has 0 bridgehead atoms. The molecule has 14 heavy (non-hydrogen) atoms. The summed E-state index contributed by atoms with van der Waals surface area (Å²) in [5.74, 6) is 0.535. The Hall–Kier alpha value is -0.100.